The number of likely N-dealkylation sites (tertiary alicyclic amines) is 1. The summed E-state index contributed by atoms with van der Waals surface area (Å²) in [5, 5.41) is 20.1. The minimum Gasteiger partial charge on any atom is -0.481 e. The van der Waals surface area contributed by atoms with Crippen molar-refractivity contribution in [1.29, 1.82) is 0 Å². The summed E-state index contributed by atoms with van der Waals surface area (Å²) in [7, 11) is 1.37. The highest BCUT2D eigenvalue weighted by Crippen LogP contribution is 2.34. The summed E-state index contributed by atoms with van der Waals surface area (Å²) in [5.74, 6) is -2.08. The minimum absolute atomic E-state index is 0.00848. The second-order valence-electron chi connectivity index (χ2n) is 5.79. The Morgan fingerprint density at radius 1 is 1.42 bits per heavy atom. The van der Waals surface area contributed by atoms with Gasteiger partial charge in [0.05, 0.1) is 23.0 Å². The number of carbonyl (C=O) groups excluding carboxylic acids is 1. The van der Waals surface area contributed by atoms with Crippen LogP contribution in [-0.2, 0) is 15.7 Å². The van der Waals surface area contributed by atoms with Crippen LogP contribution in [0.15, 0.2) is 18.2 Å². The van der Waals surface area contributed by atoms with Gasteiger partial charge < -0.3 is 14.7 Å². The Morgan fingerprint density at radius 3 is 2.58 bits per heavy atom. The number of carbonyl (C=O) groups is 2. The summed E-state index contributed by atoms with van der Waals surface area (Å²) in [6, 6.07) is 0.841. The van der Waals surface area contributed by atoms with Gasteiger partial charge in [0.2, 0.25) is 0 Å². The molecule has 1 heterocycles. The van der Waals surface area contributed by atoms with E-state index in [1.54, 1.807) is 0 Å². The molecular weight excluding hydrogens is 361 g/mol. The van der Waals surface area contributed by atoms with Gasteiger partial charge in [0.1, 0.15) is 5.56 Å². The van der Waals surface area contributed by atoms with E-state index >= 15 is 0 Å². The number of carboxylic acid groups (broad SMARTS) is 1. The van der Waals surface area contributed by atoms with E-state index in [9.17, 15) is 32.9 Å². The number of nitro groups is 1. The molecule has 1 aromatic carbocycles. The summed E-state index contributed by atoms with van der Waals surface area (Å²) in [6.07, 6.45) is -5.45. The molecule has 1 N–H and O–H groups in total. The Labute approximate surface area is 145 Å². The molecule has 142 valence electrons. The largest absolute Gasteiger partial charge is 0.481 e. The molecule has 1 aliphatic rings. The molecule has 1 saturated heterocycles. The van der Waals surface area contributed by atoms with E-state index in [2.05, 4.69) is 0 Å². The first-order valence-corrected chi connectivity index (χ1v) is 7.45. The van der Waals surface area contributed by atoms with E-state index in [1.807, 2.05) is 0 Å². The van der Waals surface area contributed by atoms with Crippen molar-refractivity contribution in [3.05, 3.63) is 39.4 Å². The predicted octanol–water partition coefficient (Wildman–Crippen LogP) is 2.32. The topological polar surface area (TPSA) is 110 Å². The SMILES string of the molecule is COC1CC(CC(=O)O)N(C(=O)c2ccc(C(F)(F)F)cc2[N+](=O)[O-])C1. The summed E-state index contributed by atoms with van der Waals surface area (Å²) in [6.45, 7) is -0.00848. The lowest BCUT2D eigenvalue weighted by Crippen LogP contribution is -2.37. The van der Waals surface area contributed by atoms with Crippen LogP contribution in [0.5, 0.6) is 0 Å². The zero-order chi connectivity index (χ0) is 19.6. The van der Waals surface area contributed by atoms with Crippen molar-refractivity contribution in [3.8, 4) is 0 Å². The van der Waals surface area contributed by atoms with Gasteiger partial charge in [-0.15, -0.1) is 0 Å². The van der Waals surface area contributed by atoms with Crippen LogP contribution >= 0.6 is 0 Å². The lowest BCUT2D eigenvalue weighted by atomic mass is 10.1. The number of carboxylic acids is 1. The zero-order valence-electron chi connectivity index (χ0n) is 13.5. The van der Waals surface area contributed by atoms with Crippen molar-refractivity contribution in [1.82, 2.24) is 4.90 Å². The number of alkyl halides is 3. The third-order valence-corrected chi connectivity index (χ3v) is 4.13. The van der Waals surface area contributed by atoms with Crippen LogP contribution < -0.4 is 0 Å². The van der Waals surface area contributed by atoms with E-state index < -0.39 is 58.4 Å². The Hall–Kier alpha value is -2.69. The first-order chi connectivity index (χ1) is 12.0. The van der Waals surface area contributed by atoms with Crippen molar-refractivity contribution in [2.75, 3.05) is 13.7 Å². The molecule has 1 aliphatic heterocycles. The Balaban J connectivity index is 2.41. The second-order valence-corrected chi connectivity index (χ2v) is 5.79. The Kier molecular flexibility index (Phi) is 5.50. The van der Waals surface area contributed by atoms with Gasteiger partial charge in [-0.3, -0.25) is 19.7 Å². The molecule has 0 radical (unpaired) electrons. The van der Waals surface area contributed by atoms with Crippen LogP contribution in [0, 0.1) is 10.1 Å². The Morgan fingerprint density at radius 2 is 2.08 bits per heavy atom. The highest BCUT2D eigenvalue weighted by molar-refractivity contribution is 5.98. The first-order valence-electron chi connectivity index (χ1n) is 7.45. The van der Waals surface area contributed by atoms with Crippen molar-refractivity contribution in [2.45, 2.75) is 31.2 Å². The third kappa shape index (κ3) is 4.10. The van der Waals surface area contributed by atoms with E-state index in [0.717, 1.165) is 11.0 Å². The predicted molar refractivity (Wildman–Crippen MR) is 80.6 cm³/mol. The van der Waals surface area contributed by atoms with Crippen molar-refractivity contribution in [3.63, 3.8) is 0 Å². The summed E-state index contributed by atoms with van der Waals surface area (Å²) < 4.78 is 43.4. The lowest BCUT2D eigenvalue weighted by molar-refractivity contribution is -0.385. The van der Waals surface area contributed by atoms with Crippen molar-refractivity contribution < 1.29 is 37.5 Å². The maximum atomic E-state index is 12.8. The lowest BCUT2D eigenvalue weighted by Gasteiger charge is -2.23. The fourth-order valence-corrected chi connectivity index (χ4v) is 2.88. The van der Waals surface area contributed by atoms with Crippen molar-refractivity contribution >= 4 is 17.6 Å². The van der Waals surface area contributed by atoms with E-state index in [1.165, 1.54) is 7.11 Å². The molecule has 0 aliphatic carbocycles. The van der Waals surface area contributed by atoms with Crippen LogP contribution in [0.1, 0.15) is 28.8 Å². The highest BCUT2D eigenvalue weighted by atomic mass is 19.4. The van der Waals surface area contributed by atoms with Crippen molar-refractivity contribution in [2.24, 2.45) is 0 Å². The minimum atomic E-state index is -4.80. The normalized spacial score (nSPS) is 20.2. The summed E-state index contributed by atoms with van der Waals surface area (Å²) >= 11 is 0. The van der Waals surface area contributed by atoms with Gasteiger partial charge in [0, 0.05) is 25.8 Å². The number of halogens is 3. The Bertz CT molecular complexity index is 737. The molecule has 26 heavy (non-hydrogen) atoms. The molecule has 0 aromatic heterocycles. The van der Waals surface area contributed by atoms with Crippen LogP contribution in [0.2, 0.25) is 0 Å². The molecule has 8 nitrogen and oxygen atoms in total. The molecule has 2 unspecified atom stereocenters. The number of amides is 1. The molecule has 1 amide bonds. The standard InChI is InChI=1S/C15H15F3N2O6/c1-26-10-5-9(6-13(21)22)19(7-10)14(23)11-3-2-8(15(16,17)18)4-12(11)20(24)25/h2-4,9-10H,5-7H2,1H3,(H,21,22). The number of ether oxygens (including phenoxy) is 1. The summed E-state index contributed by atoms with van der Waals surface area (Å²) in [5.41, 5.74) is -2.77. The van der Waals surface area contributed by atoms with Gasteiger partial charge in [0.15, 0.2) is 0 Å². The molecular formula is C15H15F3N2O6. The number of rotatable bonds is 5. The van der Waals surface area contributed by atoms with E-state index in [0.29, 0.717) is 12.1 Å². The number of nitrogens with zero attached hydrogens (tertiary/aromatic N) is 2. The maximum absolute atomic E-state index is 12.8. The summed E-state index contributed by atoms with van der Waals surface area (Å²) in [4.78, 5) is 34.8. The van der Waals surface area contributed by atoms with Gasteiger partial charge in [-0.1, -0.05) is 0 Å². The zero-order valence-corrected chi connectivity index (χ0v) is 13.5. The first kappa shape index (κ1) is 19.6. The highest BCUT2D eigenvalue weighted by Gasteiger charge is 2.40. The molecule has 0 spiro atoms. The average Bonchev–Trinajstić information content (AvgIpc) is 2.94. The van der Waals surface area contributed by atoms with E-state index in [-0.39, 0.29) is 13.0 Å². The van der Waals surface area contributed by atoms with Gasteiger partial charge in [-0.2, -0.15) is 13.2 Å². The van der Waals surface area contributed by atoms with Gasteiger partial charge in [-0.05, 0) is 18.6 Å². The monoisotopic (exact) mass is 376 g/mol. The van der Waals surface area contributed by atoms with Crippen LogP contribution in [0.3, 0.4) is 0 Å². The fourth-order valence-electron chi connectivity index (χ4n) is 2.88. The molecule has 2 rings (SSSR count). The average molecular weight is 376 g/mol. The molecule has 0 saturated carbocycles. The molecule has 1 fully saturated rings. The molecule has 2 atom stereocenters. The van der Waals surface area contributed by atoms with Crippen LogP contribution in [0.4, 0.5) is 18.9 Å². The molecule has 0 bridgehead atoms. The number of hydrogen-bond donors (Lipinski definition) is 1. The number of hydrogen-bond acceptors (Lipinski definition) is 5. The third-order valence-electron chi connectivity index (χ3n) is 4.13. The number of nitro benzene ring substituents is 1. The number of aliphatic carboxylic acids is 1. The number of benzene rings is 1. The van der Waals surface area contributed by atoms with Gasteiger partial charge in [0.25, 0.3) is 11.6 Å². The smallest absolute Gasteiger partial charge is 0.416 e. The molecule has 11 heteroatoms. The van der Waals surface area contributed by atoms with E-state index in [4.69, 9.17) is 9.84 Å². The van der Waals surface area contributed by atoms with Gasteiger partial charge in [-0.25, -0.2) is 0 Å². The number of methoxy groups -OCH3 is 1. The maximum Gasteiger partial charge on any atom is 0.416 e. The van der Waals surface area contributed by atoms with Crippen LogP contribution in [0.25, 0.3) is 0 Å². The van der Waals surface area contributed by atoms with Crippen LogP contribution in [-0.4, -0.2) is 52.6 Å². The fraction of sp³-hybridized carbons (Fsp3) is 0.467. The van der Waals surface area contributed by atoms with Gasteiger partial charge >= 0.3 is 12.1 Å². The second kappa shape index (κ2) is 7.28. The quantitative estimate of drug-likeness (QED) is 0.624. The molecule has 1 aromatic rings.